The Bertz CT molecular complexity index is 679. The Hall–Kier alpha value is -2.26. The molecule has 2 aromatic rings. The van der Waals surface area contributed by atoms with Crippen LogP contribution in [0.1, 0.15) is 41.7 Å². The van der Waals surface area contributed by atoms with Gasteiger partial charge in [0.25, 0.3) is 5.91 Å². The molecule has 0 unspecified atom stereocenters. The van der Waals surface area contributed by atoms with Crippen LogP contribution in [0.3, 0.4) is 0 Å². The van der Waals surface area contributed by atoms with Crippen LogP contribution in [-0.2, 0) is 5.41 Å². The zero-order valence-electron chi connectivity index (χ0n) is 11.5. The Balaban J connectivity index is 2.25. The molecule has 1 aromatic carbocycles. The number of anilines is 1. The number of nitriles is 1. The largest absolute Gasteiger partial charge is 0.321 e. The average molecular weight is 286 g/mol. The van der Waals surface area contributed by atoms with Crippen molar-refractivity contribution in [2.45, 2.75) is 26.2 Å². The molecule has 1 aromatic heterocycles. The highest BCUT2D eigenvalue weighted by Crippen LogP contribution is 2.26. The van der Waals surface area contributed by atoms with Crippen LogP contribution in [0.15, 0.2) is 24.3 Å². The number of hydrogen-bond acceptors (Lipinski definition) is 5. The number of aromatic nitrogens is 2. The molecule has 6 heteroatoms. The molecule has 5 nitrogen and oxygen atoms in total. The zero-order valence-corrected chi connectivity index (χ0v) is 12.3. The highest BCUT2D eigenvalue weighted by Gasteiger charge is 2.26. The summed E-state index contributed by atoms with van der Waals surface area (Å²) in [6.45, 7) is 5.95. The van der Waals surface area contributed by atoms with Crippen LogP contribution in [0.2, 0.25) is 0 Å². The quantitative estimate of drug-likeness (QED) is 0.920. The summed E-state index contributed by atoms with van der Waals surface area (Å²) < 4.78 is 3.86. The molecule has 1 N–H and O–H groups in total. The van der Waals surface area contributed by atoms with E-state index in [4.69, 9.17) is 5.26 Å². The van der Waals surface area contributed by atoms with Gasteiger partial charge >= 0.3 is 0 Å². The SMILES string of the molecule is CC(C)(C)c1nnsc1C(=O)Nc1cccc(C#N)c1. The Morgan fingerprint density at radius 2 is 2.15 bits per heavy atom. The van der Waals surface area contributed by atoms with E-state index in [9.17, 15) is 4.79 Å². The lowest BCUT2D eigenvalue weighted by Gasteiger charge is -2.16. The van der Waals surface area contributed by atoms with Crippen molar-refractivity contribution in [1.82, 2.24) is 9.59 Å². The summed E-state index contributed by atoms with van der Waals surface area (Å²) in [6, 6.07) is 8.82. The van der Waals surface area contributed by atoms with Crippen molar-refractivity contribution >= 4 is 23.1 Å². The Kier molecular flexibility index (Phi) is 3.81. The van der Waals surface area contributed by atoms with Crippen molar-refractivity contribution in [2.24, 2.45) is 0 Å². The van der Waals surface area contributed by atoms with E-state index in [1.807, 2.05) is 26.8 Å². The molecule has 0 atom stereocenters. The molecule has 0 aliphatic carbocycles. The number of hydrogen-bond donors (Lipinski definition) is 1. The molecule has 0 bridgehead atoms. The summed E-state index contributed by atoms with van der Waals surface area (Å²) in [5, 5.41) is 15.7. The molecular formula is C14H14N4OS. The summed E-state index contributed by atoms with van der Waals surface area (Å²) in [4.78, 5) is 12.8. The Morgan fingerprint density at radius 1 is 1.40 bits per heavy atom. The van der Waals surface area contributed by atoms with Gasteiger partial charge in [0.05, 0.1) is 17.3 Å². The fourth-order valence-electron chi connectivity index (χ4n) is 1.68. The summed E-state index contributed by atoms with van der Waals surface area (Å²) >= 11 is 1.08. The van der Waals surface area contributed by atoms with Crippen LogP contribution in [0.4, 0.5) is 5.69 Å². The first-order valence-electron chi connectivity index (χ1n) is 6.06. The number of rotatable bonds is 2. The second-order valence-corrected chi connectivity index (χ2v) is 6.10. The molecule has 0 fully saturated rings. The molecule has 0 saturated heterocycles. The van der Waals surface area contributed by atoms with E-state index in [2.05, 4.69) is 14.9 Å². The fraction of sp³-hybridized carbons (Fsp3) is 0.286. The van der Waals surface area contributed by atoms with E-state index < -0.39 is 0 Å². The Morgan fingerprint density at radius 3 is 2.80 bits per heavy atom. The monoisotopic (exact) mass is 286 g/mol. The first kappa shape index (κ1) is 14.2. The van der Waals surface area contributed by atoms with E-state index in [1.54, 1.807) is 24.3 Å². The van der Waals surface area contributed by atoms with E-state index in [-0.39, 0.29) is 11.3 Å². The minimum atomic E-state index is -0.250. The van der Waals surface area contributed by atoms with E-state index in [1.165, 1.54) is 0 Å². The van der Waals surface area contributed by atoms with Gasteiger partial charge in [-0.25, -0.2) is 0 Å². The summed E-state index contributed by atoms with van der Waals surface area (Å²) in [5.74, 6) is -0.250. The zero-order chi connectivity index (χ0) is 14.8. The van der Waals surface area contributed by atoms with Crippen LogP contribution >= 0.6 is 11.5 Å². The predicted octanol–water partition coefficient (Wildman–Crippen LogP) is 2.96. The lowest BCUT2D eigenvalue weighted by molar-refractivity contribution is 0.102. The van der Waals surface area contributed by atoms with E-state index >= 15 is 0 Å². The minimum absolute atomic E-state index is 0.242. The molecule has 1 amide bonds. The van der Waals surface area contributed by atoms with Crippen molar-refractivity contribution < 1.29 is 4.79 Å². The molecule has 0 aliphatic heterocycles. The van der Waals surface area contributed by atoms with Gasteiger partial charge in [-0.2, -0.15) is 5.26 Å². The minimum Gasteiger partial charge on any atom is -0.321 e. The number of nitrogens with one attached hydrogen (secondary N) is 1. The van der Waals surface area contributed by atoms with Crippen molar-refractivity contribution in [3.63, 3.8) is 0 Å². The Labute approximate surface area is 121 Å². The second-order valence-electron chi connectivity index (χ2n) is 5.35. The summed E-state index contributed by atoms with van der Waals surface area (Å²) in [7, 11) is 0. The number of nitrogens with zero attached hydrogens (tertiary/aromatic N) is 3. The lowest BCUT2D eigenvalue weighted by atomic mass is 9.91. The number of carbonyl (C=O) groups is 1. The standard InChI is InChI=1S/C14H14N4OS/c1-14(2,3)12-11(20-18-17-12)13(19)16-10-6-4-5-9(7-10)8-15/h4-7H,1-3H3,(H,16,19). The predicted molar refractivity (Wildman–Crippen MR) is 77.7 cm³/mol. The first-order valence-corrected chi connectivity index (χ1v) is 6.83. The molecule has 0 aliphatic rings. The second kappa shape index (κ2) is 5.39. The van der Waals surface area contributed by atoms with Crippen LogP contribution in [0, 0.1) is 11.3 Å². The molecule has 1 heterocycles. The van der Waals surface area contributed by atoms with Gasteiger partial charge in [0.2, 0.25) is 0 Å². The third-order valence-corrected chi connectivity index (χ3v) is 3.38. The van der Waals surface area contributed by atoms with Gasteiger partial charge in [-0.3, -0.25) is 4.79 Å². The fourth-order valence-corrected chi connectivity index (χ4v) is 2.46. The lowest BCUT2D eigenvalue weighted by Crippen LogP contribution is -2.19. The number of benzene rings is 1. The maximum atomic E-state index is 12.3. The van der Waals surface area contributed by atoms with Crippen molar-refractivity contribution in [3.8, 4) is 6.07 Å². The van der Waals surface area contributed by atoms with Crippen molar-refractivity contribution in [2.75, 3.05) is 5.32 Å². The van der Waals surface area contributed by atoms with Gasteiger partial charge in [-0.05, 0) is 29.7 Å². The van der Waals surface area contributed by atoms with Crippen molar-refractivity contribution in [3.05, 3.63) is 40.4 Å². The number of amides is 1. The van der Waals surface area contributed by atoms with Gasteiger partial charge in [-0.15, -0.1) is 5.10 Å². The maximum absolute atomic E-state index is 12.3. The summed E-state index contributed by atoms with van der Waals surface area (Å²) in [5.41, 5.74) is 1.52. The van der Waals surface area contributed by atoms with Crippen LogP contribution in [-0.4, -0.2) is 15.5 Å². The molecule has 102 valence electrons. The molecule has 2 rings (SSSR count). The van der Waals surface area contributed by atoms with Crippen LogP contribution in [0.25, 0.3) is 0 Å². The third-order valence-electron chi connectivity index (χ3n) is 2.65. The average Bonchev–Trinajstić information content (AvgIpc) is 2.88. The van der Waals surface area contributed by atoms with Gasteiger partial charge in [-0.1, -0.05) is 31.3 Å². The number of carbonyl (C=O) groups excluding carboxylic acids is 1. The smallest absolute Gasteiger partial charge is 0.269 e. The molecule has 0 radical (unpaired) electrons. The van der Waals surface area contributed by atoms with Gasteiger partial charge in [0, 0.05) is 11.1 Å². The van der Waals surface area contributed by atoms with Gasteiger partial charge in [0.15, 0.2) is 0 Å². The van der Waals surface area contributed by atoms with Gasteiger partial charge < -0.3 is 5.32 Å². The molecule has 0 saturated carbocycles. The summed E-state index contributed by atoms with van der Waals surface area (Å²) in [6.07, 6.45) is 0. The highest BCUT2D eigenvalue weighted by molar-refractivity contribution is 7.08. The first-order chi connectivity index (χ1) is 9.41. The van der Waals surface area contributed by atoms with Crippen molar-refractivity contribution in [1.29, 1.82) is 5.26 Å². The normalized spacial score (nSPS) is 10.9. The molecule has 0 spiro atoms. The van der Waals surface area contributed by atoms with Crippen LogP contribution in [0.5, 0.6) is 0 Å². The highest BCUT2D eigenvalue weighted by atomic mass is 32.1. The van der Waals surface area contributed by atoms with E-state index in [0.717, 1.165) is 11.5 Å². The third kappa shape index (κ3) is 3.00. The maximum Gasteiger partial charge on any atom is 0.269 e. The molecule has 20 heavy (non-hydrogen) atoms. The van der Waals surface area contributed by atoms with Gasteiger partial charge in [0.1, 0.15) is 4.88 Å². The van der Waals surface area contributed by atoms with E-state index in [0.29, 0.717) is 21.8 Å². The van der Waals surface area contributed by atoms with Crippen LogP contribution < -0.4 is 5.32 Å². The molecular weight excluding hydrogens is 272 g/mol. The topological polar surface area (TPSA) is 78.7 Å².